The van der Waals surface area contributed by atoms with Gasteiger partial charge in [0.15, 0.2) is 0 Å². The number of aromatic hydroxyl groups is 1. The number of hydrogen-bond donors (Lipinski definition) is 2. The van der Waals surface area contributed by atoms with Gasteiger partial charge in [0.05, 0.1) is 0 Å². The number of rotatable bonds is 6. The largest absolute Gasteiger partial charge is 0.695 e. The first-order chi connectivity index (χ1) is 7.63. The van der Waals surface area contributed by atoms with Crippen LogP contribution in [0, 0.1) is 0 Å². The zero-order valence-corrected chi connectivity index (χ0v) is 10.1. The van der Waals surface area contributed by atoms with E-state index in [4.69, 9.17) is 14.5 Å². The molecule has 0 heterocycles. The van der Waals surface area contributed by atoms with E-state index in [1.165, 1.54) is 0 Å². The fourth-order valence-electron chi connectivity index (χ4n) is 1.47. The normalized spacial score (nSPS) is 13.5. The summed E-state index contributed by atoms with van der Waals surface area (Å²) in [4.78, 5) is 8.78. The topological polar surface area (TPSA) is 66.8 Å². The van der Waals surface area contributed by atoms with Gasteiger partial charge in [-0.1, -0.05) is 31.9 Å². The van der Waals surface area contributed by atoms with Crippen LogP contribution in [-0.4, -0.2) is 10.00 Å². The van der Waals surface area contributed by atoms with Gasteiger partial charge >= 0.3 is 8.25 Å². The molecule has 0 radical (unpaired) electrons. The number of phenolic OH excluding ortho intramolecular Hbond substituents is 1. The van der Waals surface area contributed by atoms with Gasteiger partial charge in [-0.05, 0) is 24.1 Å². The van der Waals surface area contributed by atoms with Crippen molar-refractivity contribution in [1.29, 1.82) is 0 Å². The maximum absolute atomic E-state index is 10.7. The first-order valence-corrected chi connectivity index (χ1v) is 6.38. The van der Waals surface area contributed by atoms with E-state index in [2.05, 4.69) is 0 Å². The van der Waals surface area contributed by atoms with Crippen LogP contribution in [0.15, 0.2) is 24.3 Å². The van der Waals surface area contributed by atoms with Crippen LogP contribution in [0.5, 0.6) is 5.75 Å². The molecule has 0 spiro atoms. The van der Waals surface area contributed by atoms with E-state index >= 15 is 0 Å². The summed E-state index contributed by atoms with van der Waals surface area (Å²) in [5, 5.41) is 9.15. The molecule has 0 aliphatic carbocycles. The Morgan fingerprint density at radius 2 is 2.00 bits per heavy atom. The Morgan fingerprint density at radius 3 is 2.50 bits per heavy atom. The quantitative estimate of drug-likeness (QED) is 0.752. The summed E-state index contributed by atoms with van der Waals surface area (Å²) in [7, 11) is -2.60. The Kier molecular flexibility index (Phi) is 5.39. The highest BCUT2D eigenvalue weighted by Gasteiger charge is 2.24. The lowest BCUT2D eigenvalue weighted by Gasteiger charge is -2.10. The minimum absolute atomic E-state index is 0.173. The molecule has 2 N–H and O–H groups in total. The first kappa shape index (κ1) is 13.1. The molecule has 1 aromatic carbocycles. The van der Waals surface area contributed by atoms with E-state index in [1.54, 1.807) is 24.3 Å². The number of phenols is 1. The Hall–Kier alpha value is -0.960. The molecule has 5 heteroatoms. The van der Waals surface area contributed by atoms with Crippen molar-refractivity contribution in [2.75, 3.05) is 0 Å². The standard InChI is InChI=1S/C11H15O4P/c1-2-3-4-11(15-16(13)14)9-5-7-10(12)8-6-9/h5-8,11H,2-4H2,1H3,(H-,12,13,14)/p+1. The molecule has 1 rings (SSSR count). The zero-order valence-electron chi connectivity index (χ0n) is 9.17. The molecule has 4 nitrogen and oxygen atoms in total. The predicted octanol–water partition coefficient (Wildman–Crippen LogP) is 3.29. The van der Waals surface area contributed by atoms with Crippen LogP contribution in [0.2, 0.25) is 0 Å². The lowest BCUT2D eigenvalue weighted by molar-refractivity contribution is 0.179. The summed E-state index contributed by atoms with van der Waals surface area (Å²) in [5.41, 5.74) is 0.809. The summed E-state index contributed by atoms with van der Waals surface area (Å²) in [5.74, 6) is 0.173. The Morgan fingerprint density at radius 1 is 1.38 bits per heavy atom. The van der Waals surface area contributed by atoms with Gasteiger partial charge in [-0.15, -0.1) is 9.42 Å². The smallest absolute Gasteiger partial charge is 0.508 e. The van der Waals surface area contributed by atoms with Gasteiger partial charge in [-0.25, -0.2) is 0 Å². The first-order valence-electron chi connectivity index (χ1n) is 5.25. The molecule has 2 atom stereocenters. The van der Waals surface area contributed by atoms with Gasteiger partial charge < -0.3 is 5.11 Å². The molecular weight excluding hydrogens is 227 g/mol. The van der Waals surface area contributed by atoms with Crippen molar-refractivity contribution in [3.63, 3.8) is 0 Å². The van der Waals surface area contributed by atoms with Gasteiger partial charge in [-0.2, -0.15) is 0 Å². The van der Waals surface area contributed by atoms with Crippen molar-refractivity contribution < 1.29 is 19.1 Å². The van der Waals surface area contributed by atoms with Crippen LogP contribution in [0.25, 0.3) is 0 Å². The highest BCUT2D eigenvalue weighted by atomic mass is 31.1. The summed E-state index contributed by atoms with van der Waals surface area (Å²) in [6.45, 7) is 2.05. The molecular formula is C11H16O4P+. The maximum Gasteiger partial charge on any atom is 0.695 e. The molecule has 0 saturated heterocycles. The van der Waals surface area contributed by atoms with Crippen molar-refractivity contribution in [2.24, 2.45) is 0 Å². The second-order valence-electron chi connectivity index (χ2n) is 3.57. The van der Waals surface area contributed by atoms with Crippen molar-refractivity contribution in [3.8, 4) is 5.75 Å². The van der Waals surface area contributed by atoms with Gasteiger partial charge in [0.2, 0.25) is 0 Å². The number of hydrogen-bond acceptors (Lipinski definition) is 3. The summed E-state index contributed by atoms with van der Waals surface area (Å²) >= 11 is 0. The van der Waals surface area contributed by atoms with E-state index in [0.717, 1.165) is 18.4 Å². The zero-order chi connectivity index (χ0) is 12.0. The second-order valence-corrected chi connectivity index (χ2v) is 4.25. The summed E-state index contributed by atoms with van der Waals surface area (Å²) < 4.78 is 15.7. The van der Waals surface area contributed by atoms with Gasteiger partial charge in [0.25, 0.3) is 0 Å². The third-order valence-electron chi connectivity index (χ3n) is 2.30. The molecule has 0 amide bonds. The molecule has 0 saturated carbocycles. The highest BCUT2D eigenvalue weighted by Crippen LogP contribution is 2.33. The van der Waals surface area contributed by atoms with Crippen molar-refractivity contribution in [2.45, 2.75) is 32.3 Å². The molecule has 0 bridgehead atoms. The Balaban J connectivity index is 2.74. The van der Waals surface area contributed by atoms with Crippen molar-refractivity contribution in [1.82, 2.24) is 0 Å². The highest BCUT2D eigenvalue weighted by molar-refractivity contribution is 7.32. The lowest BCUT2D eigenvalue weighted by Crippen LogP contribution is -1.99. The van der Waals surface area contributed by atoms with Crippen LogP contribution in [0.4, 0.5) is 0 Å². The molecule has 88 valence electrons. The van der Waals surface area contributed by atoms with Crippen LogP contribution < -0.4 is 0 Å². The monoisotopic (exact) mass is 243 g/mol. The SMILES string of the molecule is CCCCC(O[P+](=O)O)c1ccc(O)cc1. The molecule has 2 unspecified atom stereocenters. The lowest BCUT2D eigenvalue weighted by atomic mass is 10.0. The van der Waals surface area contributed by atoms with E-state index in [-0.39, 0.29) is 11.9 Å². The van der Waals surface area contributed by atoms with Crippen LogP contribution in [-0.2, 0) is 9.09 Å². The van der Waals surface area contributed by atoms with E-state index in [0.29, 0.717) is 6.42 Å². The minimum atomic E-state index is -2.60. The third-order valence-corrected chi connectivity index (χ3v) is 2.74. The molecule has 0 aliphatic heterocycles. The van der Waals surface area contributed by atoms with Gasteiger partial charge in [0.1, 0.15) is 11.9 Å². The number of benzene rings is 1. The minimum Gasteiger partial charge on any atom is -0.508 e. The molecule has 0 aliphatic rings. The average molecular weight is 243 g/mol. The van der Waals surface area contributed by atoms with E-state index in [9.17, 15) is 4.57 Å². The van der Waals surface area contributed by atoms with Crippen LogP contribution >= 0.6 is 8.25 Å². The maximum atomic E-state index is 10.7. The van der Waals surface area contributed by atoms with Crippen molar-refractivity contribution in [3.05, 3.63) is 29.8 Å². The number of unbranched alkanes of at least 4 members (excludes halogenated alkanes) is 1. The van der Waals surface area contributed by atoms with E-state index < -0.39 is 8.25 Å². The summed E-state index contributed by atoms with van der Waals surface area (Å²) in [6.07, 6.45) is 2.24. The second kappa shape index (κ2) is 6.59. The van der Waals surface area contributed by atoms with Gasteiger partial charge in [-0.3, -0.25) is 0 Å². The molecule has 0 aromatic heterocycles. The van der Waals surface area contributed by atoms with Crippen LogP contribution in [0.3, 0.4) is 0 Å². The molecule has 16 heavy (non-hydrogen) atoms. The predicted molar refractivity (Wildman–Crippen MR) is 61.3 cm³/mol. The van der Waals surface area contributed by atoms with Gasteiger partial charge in [0, 0.05) is 4.57 Å². The molecule has 0 fully saturated rings. The van der Waals surface area contributed by atoms with Crippen molar-refractivity contribution >= 4 is 8.25 Å². The molecule has 1 aromatic rings. The fraction of sp³-hybridized carbons (Fsp3) is 0.455. The third kappa shape index (κ3) is 4.27. The fourth-order valence-corrected chi connectivity index (χ4v) is 1.91. The van der Waals surface area contributed by atoms with E-state index in [1.807, 2.05) is 6.92 Å². The Labute approximate surface area is 95.8 Å². The average Bonchev–Trinajstić information content (AvgIpc) is 2.25. The van der Waals surface area contributed by atoms with Crippen LogP contribution in [0.1, 0.15) is 37.9 Å². The Bertz CT molecular complexity index is 336. The summed E-state index contributed by atoms with van der Waals surface area (Å²) in [6, 6.07) is 6.49.